The molecule has 1 heterocycles. The lowest BCUT2D eigenvalue weighted by molar-refractivity contribution is -0.164. The molecule has 1 saturated heterocycles. The fourth-order valence-electron chi connectivity index (χ4n) is 7.23. The summed E-state index contributed by atoms with van der Waals surface area (Å²) in [6.07, 6.45) is 9.69. The number of carbonyl (C=O) groups excluding carboxylic acids is 2. The van der Waals surface area contributed by atoms with Gasteiger partial charge in [-0.3, -0.25) is 9.59 Å². The molecule has 0 aromatic rings. The van der Waals surface area contributed by atoms with Gasteiger partial charge in [0.2, 0.25) is 0 Å². The third-order valence-corrected chi connectivity index (χ3v) is 20.9. The highest BCUT2D eigenvalue weighted by molar-refractivity contribution is 6.74. The van der Waals surface area contributed by atoms with Crippen molar-refractivity contribution in [3.05, 3.63) is 23.8 Å². The van der Waals surface area contributed by atoms with Gasteiger partial charge in [0.1, 0.15) is 12.2 Å². The van der Waals surface area contributed by atoms with Crippen LogP contribution in [0.15, 0.2) is 23.8 Å². The van der Waals surface area contributed by atoms with Crippen molar-refractivity contribution in [3.63, 3.8) is 0 Å². The van der Waals surface area contributed by atoms with Crippen LogP contribution in [0.1, 0.15) is 108 Å². The maximum Gasteiger partial charge on any atom is 0.309 e. The normalized spacial score (nSPS) is 29.6. The lowest BCUT2D eigenvalue weighted by Crippen LogP contribution is -2.49. The minimum absolute atomic E-state index is 0.0813. The molecule has 0 aromatic carbocycles. The third-order valence-electron chi connectivity index (χ3n) is 11.9. The number of allylic oxidation sites excluding steroid dienone is 2. The smallest absolute Gasteiger partial charge is 0.309 e. The zero-order chi connectivity index (χ0) is 35.0. The molecule has 0 N–H and O–H groups in total. The van der Waals surface area contributed by atoms with Crippen molar-refractivity contribution >= 4 is 28.6 Å². The first kappa shape index (κ1) is 39.2. The number of esters is 2. The zero-order valence-corrected chi connectivity index (χ0v) is 34.0. The van der Waals surface area contributed by atoms with E-state index in [1.807, 2.05) is 0 Å². The van der Waals surface area contributed by atoms with E-state index in [4.69, 9.17) is 18.3 Å². The molecule has 0 amide bonds. The lowest BCUT2D eigenvalue weighted by atomic mass is 9.66. The van der Waals surface area contributed by atoms with E-state index in [0.29, 0.717) is 18.8 Å². The zero-order valence-electron chi connectivity index (χ0n) is 32.0. The van der Waals surface area contributed by atoms with Crippen molar-refractivity contribution in [1.82, 2.24) is 0 Å². The summed E-state index contributed by atoms with van der Waals surface area (Å²) in [6.45, 7) is 33.3. The van der Waals surface area contributed by atoms with Gasteiger partial charge in [0.05, 0.1) is 24.5 Å². The Hall–Kier alpha value is -1.23. The van der Waals surface area contributed by atoms with Crippen LogP contribution in [0, 0.1) is 35.5 Å². The summed E-state index contributed by atoms with van der Waals surface area (Å²) in [5, 5.41) is 0.165. The Bertz CT molecular complexity index is 1120. The highest BCUT2D eigenvalue weighted by Crippen LogP contribution is 2.47. The predicted molar refractivity (Wildman–Crippen MR) is 194 cm³/mol. The van der Waals surface area contributed by atoms with Gasteiger partial charge >= 0.3 is 11.9 Å². The van der Waals surface area contributed by atoms with E-state index in [2.05, 4.69) is 121 Å². The van der Waals surface area contributed by atoms with Gasteiger partial charge in [-0.1, -0.05) is 94.4 Å². The second-order valence-corrected chi connectivity index (χ2v) is 27.9. The van der Waals surface area contributed by atoms with Crippen molar-refractivity contribution in [2.24, 2.45) is 35.5 Å². The number of ether oxygens (including phenoxy) is 2. The largest absolute Gasteiger partial charge is 0.462 e. The summed E-state index contributed by atoms with van der Waals surface area (Å²) in [7, 11) is -4.06. The Morgan fingerprint density at radius 3 is 2.02 bits per heavy atom. The van der Waals surface area contributed by atoms with Gasteiger partial charge < -0.3 is 18.3 Å². The molecule has 264 valence electrons. The van der Waals surface area contributed by atoms with E-state index in [0.717, 1.165) is 19.3 Å². The molecule has 7 atom stereocenters. The van der Waals surface area contributed by atoms with Gasteiger partial charge in [-0.15, -0.1) is 0 Å². The summed E-state index contributed by atoms with van der Waals surface area (Å²) >= 11 is 0. The Balaban J connectivity index is 1.87. The Morgan fingerprint density at radius 2 is 1.48 bits per heavy atom. The molecule has 0 radical (unpaired) electrons. The third kappa shape index (κ3) is 9.47. The van der Waals surface area contributed by atoms with Crippen molar-refractivity contribution in [2.75, 3.05) is 0 Å². The van der Waals surface area contributed by atoms with Crippen LogP contribution in [-0.2, 0) is 27.9 Å². The average Bonchev–Trinajstić information content (AvgIpc) is 2.85. The van der Waals surface area contributed by atoms with Crippen molar-refractivity contribution in [3.8, 4) is 0 Å². The second kappa shape index (κ2) is 14.7. The van der Waals surface area contributed by atoms with Gasteiger partial charge in [-0.25, -0.2) is 0 Å². The molecule has 1 fully saturated rings. The van der Waals surface area contributed by atoms with Crippen LogP contribution in [0.2, 0.25) is 36.3 Å². The number of rotatable bonds is 11. The summed E-state index contributed by atoms with van der Waals surface area (Å²) in [5.74, 6) is 0.675. The highest BCUT2D eigenvalue weighted by Gasteiger charge is 2.47. The molecule has 46 heavy (non-hydrogen) atoms. The number of hydrogen-bond acceptors (Lipinski definition) is 6. The maximum absolute atomic E-state index is 13.8. The van der Waals surface area contributed by atoms with Crippen molar-refractivity contribution < 1.29 is 27.9 Å². The van der Waals surface area contributed by atoms with Gasteiger partial charge in [0.15, 0.2) is 16.6 Å². The van der Waals surface area contributed by atoms with E-state index < -0.39 is 16.6 Å². The summed E-state index contributed by atoms with van der Waals surface area (Å²) < 4.78 is 26.1. The van der Waals surface area contributed by atoms with Crippen LogP contribution in [0.5, 0.6) is 0 Å². The van der Waals surface area contributed by atoms with Gasteiger partial charge in [-0.05, 0) is 78.4 Å². The minimum atomic E-state index is -2.05. The van der Waals surface area contributed by atoms with Crippen LogP contribution in [-0.4, -0.2) is 53.0 Å². The highest BCUT2D eigenvalue weighted by atomic mass is 28.4. The first-order valence-electron chi connectivity index (χ1n) is 18.1. The first-order chi connectivity index (χ1) is 20.9. The molecule has 0 saturated carbocycles. The summed E-state index contributed by atoms with van der Waals surface area (Å²) in [6, 6.07) is 0. The Morgan fingerprint density at radius 1 is 0.913 bits per heavy atom. The van der Waals surface area contributed by atoms with Crippen LogP contribution < -0.4 is 0 Å². The molecule has 3 aliphatic rings. The SMILES string of the molecule is CC(C)C(C(=O)OC1CC(O[Si](C)(C)C(C)(C)C)C=C2C=CC(C)C(CCC3CC(O[Si](C)(C)C(C)(C)C)CC(=O)O3)C21)C(C)C. The topological polar surface area (TPSA) is 71.1 Å². The summed E-state index contributed by atoms with van der Waals surface area (Å²) in [5.41, 5.74) is 1.22. The maximum atomic E-state index is 13.8. The molecular weight excluding hydrogens is 609 g/mol. The predicted octanol–water partition coefficient (Wildman–Crippen LogP) is 9.86. The van der Waals surface area contributed by atoms with Crippen LogP contribution in [0.4, 0.5) is 0 Å². The van der Waals surface area contributed by atoms with Crippen LogP contribution >= 0.6 is 0 Å². The van der Waals surface area contributed by atoms with Gasteiger partial charge in [0.25, 0.3) is 0 Å². The van der Waals surface area contributed by atoms with E-state index >= 15 is 0 Å². The molecule has 0 aromatic heterocycles. The molecule has 0 spiro atoms. The van der Waals surface area contributed by atoms with Crippen molar-refractivity contribution in [2.45, 2.75) is 169 Å². The minimum Gasteiger partial charge on any atom is -0.462 e. The number of carbonyl (C=O) groups is 2. The van der Waals surface area contributed by atoms with Gasteiger partial charge in [-0.2, -0.15) is 0 Å². The first-order valence-corrected chi connectivity index (χ1v) is 23.9. The fraction of sp³-hybridized carbons (Fsp3) is 0.842. The fourth-order valence-corrected chi connectivity index (χ4v) is 9.87. The van der Waals surface area contributed by atoms with E-state index in [-0.39, 0.29) is 76.0 Å². The quantitative estimate of drug-likeness (QED) is 0.160. The monoisotopic (exact) mass is 676 g/mol. The van der Waals surface area contributed by atoms with Crippen LogP contribution in [0.25, 0.3) is 0 Å². The van der Waals surface area contributed by atoms with E-state index in [9.17, 15) is 9.59 Å². The molecule has 8 heteroatoms. The molecular formula is C38H68O6Si2. The van der Waals surface area contributed by atoms with Crippen LogP contribution in [0.3, 0.4) is 0 Å². The molecule has 1 aliphatic heterocycles. The number of fused-ring (bicyclic) bond motifs is 1. The average molecular weight is 677 g/mol. The standard InChI is InChI=1S/C38H68O6Si2/c1-24(2)34(25(3)4)36(40)42-32-22-29(43-45(12,13)37(6,7)8)20-27-17-16-26(5)31(35(27)32)19-18-28-21-30(23-33(39)41-28)44-46(14,15)38(9,10)11/h16-17,20,24-26,28-32,34-35H,18-19,21-23H2,1-15H3. The summed E-state index contributed by atoms with van der Waals surface area (Å²) in [4.78, 5) is 26.6. The van der Waals surface area contributed by atoms with E-state index in [1.165, 1.54) is 5.57 Å². The molecule has 0 bridgehead atoms. The number of cyclic esters (lactones) is 1. The Kier molecular flexibility index (Phi) is 12.5. The molecule has 3 rings (SSSR count). The van der Waals surface area contributed by atoms with Gasteiger partial charge in [0, 0.05) is 18.8 Å². The molecule has 2 aliphatic carbocycles. The number of hydrogen-bond donors (Lipinski definition) is 0. The second-order valence-electron chi connectivity index (χ2n) is 18.3. The lowest BCUT2D eigenvalue weighted by Gasteiger charge is -2.46. The Labute approximate surface area is 284 Å². The molecule has 6 nitrogen and oxygen atoms in total. The van der Waals surface area contributed by atoms with E-state index in [1.54, 1.807) is 0 Å². The molecule has 7 unspecified atom stereocenters. The van der Waals surface area contributed by atoms with Crippen molar-refractivity contribution in [1.29, 1.82) is 0 Å².